The van der Waals surface area contributed by atoms with Crippen molar-refractivity contribution in [1.82, 2.24) is 0 Å². The van der Waals surface area contributed by atoms with Gasteiger partial charge in [-0.3, -0.25) is 9.59 Å². The zero-order chi connectivity index (χ0) is 20.8. The molecule has 1 aromatic rings. The van der Waals surface area contributed by atoms with Crippen LogP contribution < -0.4 is 9.47 Å². The van der Waals surface area contributed by atoms with Gasteiger partial charge < -0.3 is 29.2 Å². The van der Waals surface area contributed by atoms with Gasteiger partial charge in [0.15, 0.2) is 0 Å². The second-order valence-corrected chi connectivity index (χ2v) is 7.37. The van der Waals surface area contributed by atoms with Crippen molar-refractivity contribution in [3.63, 3.8) is 0 Å². The number of ether oxygens (including phenoxy) is 4. The molecular formula is C18H26O8S2. The molecular weight excluding hydrogens is 408 g/mol. The molecule has 0 heterocycles. The van der Waals surface area contributed by atoms with Crippen LogP contribution in [0.1, 0.15) is 0 Å². The molecule has 0 amide bonds. The lowest BCUT2D eigenvalue weighted by Gasteiger charge is -2.15. The minimum Gasteiger partial charge on any atom is -0.491 e. The van der Waals surface area contributed by atoms with Gasteiger partial charge in [0.05, 0.1) is 11.5 Å². The molecule has 0 bridgehead atoms. The van der Waals surface area contributed by atoms with E-state index >= 15 is 0 Å². The minimum absolute atomic E-state index is 0.0516. The highest BCUT2D eigenvalue weighted by atomic mass is 32.2. The van der Waals surface area contributed by atoms with Gasteiger partial charge in [-0.1, -0.05) is 6.07 Å². The number of aliphatic hydroxyl groups excluding tert-OH is 2. The van der Waals surface area contributed by atoms with Gasteiger partial charge in [0.2, 0.25) is 0 Å². The van der Waals surface area contributed by atoms with Crippen molar-refractivity contribution < 1.29 is 38.7 Å². The van der Waals surface area contributed by atoms with Crippen molar-refractivity contribution >= 4 is 35.5 Å². The van der Waals surface area contributed by atoms with Crippen LogP contribution in [0, 0.1) is 0 Å². The Labute approximate surface area is 172 Å². The summed E-state index contributed by atoms with van der Waals surface area (Å²) in [7, 11) is 0. The van der Waals surface area contributed by atoms with Gasteiger partial charge in [-0.2, -0.15) is 23.5 Å². The molecule has 8 nitrogen and oxygen atoms in total. The molecule has 10 heteroatoms. The van der Waals surface area contributed by atoms with Crippen molar-refractivity contribution in [1.29, 1.82) is 0 Å². The molecule has 2 atom stereocenters. The Balaban J connectivity index is 2.33. The third-order valence-corrected chi connectivity index (χ3v) is 4.14. The van der Waals surface area contributed by atoms with Crippen LogP contribution in [0.25, 0.3) is 0 Å². The fraction of sp³-hybridized carbons (Fsp3) is 0.556. The third-order valence-electron chi connectivity index (χ3n) is 3.09. The first-order valence-corrected chi connectivity index (χ1v) is 11.2. The quantitative estimate of drug-likeness (QED) is 0.411. The van der Waals surface area contributed by atoms with E-state index < -0.39 is 12.2 Å². The molecule has 0 radical (unpaired) electrons. The molecule has 0 spiro atoms. The molecule has 0 aliphatic carbocycles. The summed E-state index contributed by atoms with van der Waals surface area (Å²) in [5.41, 5.74) is 0. The van der Waals surface area contributed by atoms with Crippen LogP contribution in [-0.4, -0.2) is 84.8 Å². The number of esters is 2. The Bertz CT molecular complexity index is 551. The largest absolute Gasteiger partial charge is 0.491 e. The Morgan fingerprint density at radius 1 is 0.857 bits per heavy atom. The molecule has 0 saturated heterocycles. The van der Waals surface area contributed by atoms with Crippen LogP contribution in [0.15, 0.2) is 24.3 Å². The first-order chi connectivity index (χ1) is 13.4. The van der Waals surface area contributed by atoms with Crippen molar-refractivity contribution in [2.24, 2.45) is 0 Å². The maximum Gasteiger partial charge on any atom is 0.315 e. The Morgan fingerprint density at radius 3 is 1.68 bits per heavy atom. The van der Waals surface area contributed by atoms with Gasteiger partial charge in [0.1, 0.15) is 50.1 Å². The van der Waals surface area contributed by atoms with Gasteiger partial charge in [0.25, 0.3) is 0 Å². The van der Waals surface area contributed by atoms with Crippen LogP contribution in [0.2, 0.25) is 0 Å². The molecule has 0 saturated carbocycles. The standard InChI is InChI=1S/C18H26O8S2/c1-27-11-17(21)25-9-13(19)7-23-15-4-3-5-16(6-15)24-8-14(20)10-26-18(22)12-28-2/h3-6,13-14,19-20H,7-12H2,1-2H3. The number of rotatable bonds is 14. The monoisotopic (exact) mass is 434 g/mol. The number of carbonyl (C=O) groups excluding carboxylic acids is 2. The predicted octanol–water partition coefficient (Wildman–Crippen LogP) is 0.978. The fourth-order valence-electron chi connectivity index (χ4n) is 1.83. The van der Waals surface area contributed by atoms with Crippen molar-refractivity contribution in [3.05, 3.63) is 24.3 Å². The minimum atomic E-state index is -0.951. The van der Waals surface area contributed by atoms with E-state index in [1.165, 1.54) is 23.5 Å². The normalized spacial score (nSPS) is 12.7. The molecule has 0 fully saturated rings. The topological polar surface area (TPSA) is 112 Å². The molecule has 0 aliphatic heterocycles. The van der Waals surface area contributed by atoms with Crippen LogP contribution in [0.3, 0.4) is 0 Å². The highest BCUT2D eigenvalue weighted by Gasteiger charge is 2.11. The summed E-state index contributed by atoms with van der Waals surface area (Å²) in [4.78, 5) is 22.5. The van der Waals surface area contributed by atoms with E-state index in [1.54, 1.807) is 36.8 Å². The summed E-state index contributed by atoms with van der Waals surface area (Å²) < 4.78 is 20.7. The lowest BCUT2D eigenvalue weighted by molar-refractivity contribution is -0.144. The van der Waals surface area contributed by atoms with E-state index in [0.29, 0.717) is 11.5 Å². The molecule has 1 rings (SSSR count). The van der Waals surface area contributed by atoms with E-state index in [2.05, 4.69) is 0 Å². The Hall–Kier alpha value is -1.62. The summed E-state index contributed by atoms with van der Waals surface area (Å²) in [6.45, 7) is -0.387. The maximum absolute atomic E-state index is 11.2. The van der Waals surface area contributed by atoms with Crippen molar-refractivity contribution in [2.75, 3.05) is 50.4 Å². The number of carbonyl (C=O) groups is 2. The molecule has 158 valence electrons. The van der Waals surface area contributed by atoms with E-state index in [4.69, 9.17) is 18.9 Å². The molecule has 0 aliphatic rings. The van der Waals surface area contributed by atoms with Gasteiger partial charge in [-0.05, 0) is 24.6 Å². The first kappa shape index (κ1) is 24.4. The Morgan fingerprint density at radius 2 is 1.29 bits per heavy atom. The van der Waals surface area contributed by atoms with Crippen LogP contribution in [0.5, 0.6) is 11.5 Å². The summed E-state index contributed by atoms with van der Waals surface area (Å²) in [6.07, 6.45) is 1.67. The highest BCUT2D eigenvalue weighted by molar-refractivity contribution is 7.99. The molecule has 0 aromatic heterocycles. The van der Waals surface area contributed by atoms with E-state index in [0.717, 1.165) is 0 Å². The lowest BCUT2D eigenvalue weighted by atomic mass is 10.3. The van der Waals surface area contributed by atoms with E-state index in [1.807, 2.05) is 0 Å². The predicted molar refractivity (Wildman–Crippen MR) is 108 cm³/mol. The van der Waals surface area contributed by atoms with Crippen molar-refractivity contribution in [2.45, 2.75) is 12.2 Å². The zero-order valence-corrected chi connectivity index (χ0v) is 17.5. The zero-order valence-electron chi connectivity index (χ0n) is 15.9. The van der Waals surface area contributed by atoms with E-state index in [9.17, 15) is 19.8 Å². The van der Waals surface area contributed by atoms with E-state index in [-0.39, 0.29) is 49.9 Å². The second-order valence-electron chi connectivity index (χ2n) is 5.64. The maximum atomic E-state index is 11.2. The van der Waals surface area contributed by atoms with Crippen molar-refractivity contribution in [3.8, 4) is 11.5 Å². The number of thioether (sulfide) groups is 2. The van der Waals surface area contributed by atoms with Crippen LogP contribution >= 0.6 is 23.5 Å². The molecule has 2 N–H and O–H groups in total. The highest BCUT2D eigenvalue weighted by Crippen LogP contribution is 2.19. The summed E-state index contributed by atoms with van der Waals surface area (Å²) in [5.74, 6) is 0.588. The summed E-state index contributed by atoms with van der Waals surface area (Å²) >= 11 is 2.68. The summed E-state index contributed by atoms with van der Waals surface area (Å²) in [5, 5.41) is 19.6. The molecule has 28 heavy (non-hydrogen) atoms. The van der Waals surface area contributed by atoms with Gasteiger partial charge in [-0.25, -0.2) is 0 Å². The lowest BCUT2D eigenvalue weighted by Crippen LogP contribution is -2.26. The second kappa shape index (κ2) is 14.4. The molecule has 2 unspecified atom stereocenters. The smallest absolute Gasteiger partial charge is 0.315 e. The van der Waals surface area contributed by atoms with Gasteiger partial charge >= 0.3 is 11.9 Å². The first-order valence-electron chi connectivity index (χ1n) is 8.45. The molecule has 1 aromatic carbocycles. The summed E-state index contributed by atoms with van der Waals surface area (Å²) in [6, 6.07) is 6.65. The van der Waals surface area contributed by atoms with Crippen LogP contribution in [-0.2, 0) is 19.1 Å². The average molecular weight is 435 g/mol. The Kier molecular flexibility index (Phi) is 12.5. The van der Waals surface area contributed by atoms with Gasteiger partial charge in [0, 0.05) is 6.07 Å². The SMILES string of the molecule is CSCC(=O)OCC(O)COc1cccc(OCC(O)COC(=O)CSC)c1. The number of benzene rings is 1. The average Bonchev–Trinajstić information content (AvgIpc) is 2.68. The van der Waals surface area contributed by atoms with Crippen LogP contribution in [0.4, 0.5) is 0 Å². The fourth-order valence-corrected chi connectivity index (χ4v) is 2.47. The van der Waals surface area contributed by atoms with Gasteiger partial charge in [-0.15, -0.1) is 0 Å². The number of hydrogen-bond acceptors (Lipinski definition) is 10. The third kappa shape index (κ3) is 11.3. The number of aliphatic hydroxyl groups is 2. The number of hydrogen-bond donors (Lipinski definition) is 2.